The zero-order valence-electron chi connectivity index (χ0n) is 9.71. The summed E-state index contributed by atoms with van der Waals surface area (Å²) < 4.78 is 1.72. The van der Waals surface area contributed by atoms with Gasteiger partial charge in [0.05, 0.1) is 12.2 Å². The molecule has 0 bridgehead atoms. The van der Waals surface area contributed by atoms with E-state index in [-0.39, 0.29) is 5.69 Å². The predicted molar refractivity (Wildman–Crippen MR) is 64.0 cm³/mol. The summed E-state index contributed by atoms with van der Waals surface area (Å²) in [5, 5.41) is 9.11. The third-order valence-corrected chi connectivity index (χ3v) is 2.43. The van der Waals surface area contributed by atoms with Gasteiger partial charge in [-0.25, -0.2) is 9.78 Å². The number of anilines is 1. The van der Waals surface area contributed by atoms with E-state index < -0.39 is 5.97 Å². The fourth-order valence-electron chi connectivity index (χ4n) is 1.77. The Morgan fingerprint density at radius 3 is 2.88 bits per heavy atom. The van der Waals surface area contributed by atoms with Crippen molar-refractivity contribution >= 4 is 17.2 Å². The molecule has 2 heterocycles. The number of carboxylic acids is 1. The van der Waals surface area contributed by atoms with Gasteiger partial charge in [0.2, 0.25) is 0 Å². The minimum Gasteiger partial charge on any atom is -0.476 e. The van der Waals surface area contributed by atoms with Gasteiger partial charge >= 0.3 is 5.97 Å². The highest BCUT2D eigenvalue weighted by molar-refractivity contribution is 5.97. The third kappa shape index (κ3) is 1.94. The van der Waals surface area contributed by atoms with Gasteiger partial charge in [-0.05, 0) is 26.2 Å². The van der Waals surface area contributed by atoms with Gasteiger partial charge in [-0.15, -0.1) is 0 Å². The molecule has 90 valence electrons. The molecule has 3 N–H and O–H groups in total. The summed E-state index contributed by atoms with van der Waals surface area (Å²) in [5.41, 5.74) is 6.68. The maximum absolute atomic E-state index is 11.1. The Balaban J connectivity index is 2.71. The van der Waals surface area contributed by atoms with Crippen LogP contribution in [0.2, 0.25) is 0 Å². The molecule has 0 saturated heterocycles. The minimum absolute atomic E-state index is 0.0000463. The van der Waals surface area contributed by atoms with Gasteiger partial charge in [-0.1, -0.05) is 0 Å². The first kappa shape index (κ1) is 11.4. The lowest BCUT2D eigenvalue weighted by atomic mass is 10.3. The van der Waals surface area contributed by atoms with Crippen molar-refractivity contribution in [3.63, 3.8) is 0 Å². The van der Waals surface area contributed by atoms with E-state index in [1.807, 2.05) is 19.0 Å². The fourth-order valence-corrected chi connectivity index (χ4v) is 1.77. The second-order valence-corrected chi connectivity index (χ2v) is 4.10. The zero-order valence-corrected chi connectivity index (χ0v) is 9.71. The number of aromatic carboxylic acids is 1. The molecule has 0 aliphatic heterocycles. The fraction of sp³-hybridized carbons (Fsp3) is 0.273. The summed E-state index contributed by atoms with van der Waals surface area (Å²) in [6.45, 7) is 0.553. The monoisotopic (exact) mass is 234 g/mol. The summed E-state index contributed by atoms with van der Waals surface area (Å²) >= 11 is 0. The zero-order chi connectivity index (χ0) is 12.6. The van der Waals surface area contributed by atoms with Gasteiger partial charge in [0.1, 0.15) is 11.3 Å². The van der Waals surface area contributed by atoms with E-state index in [9.17, 15) is 4.79 Å². The van der Waals surface area contributed by atoms with E-state index in [0.29, 0.717) is 23.6 Å². The molecule has 0 atom stereocenters. The maximum atomic E-state index is 11.1. The lowest BCUT2D eigenvalue weighted by Crippen LogP contribution is -2.13. The van der Waals surface area contributed by atoms with E-state index in [2.05, 4.69) is 4.98 Å². The van der Waals surface area contributed by atoms with Crippen molar-refractivity contribution in [1.82, 2.24) is 14.3 Å². The number of nitrogens with zero attached hydrogens (tertiary/aromatic N) is 3. The Morgan fingerprint density at radius 1 is 1.59 bits per heavy atom. The lowest BCUT2D eigenvalue weighted by Gasteiger charge is -2.08. The molecule has 2 rings (SSSR count). The summed E-state index contributed by atoms with van der Waals surface area (Å²) in [6, 6.07) is 3.44. The second-order valence-electron chi connectivity index (χ2n) is 4.10. The van der Waals surface area contributed by atoms with Gasteiger partial charge in [0, 0.05) is 6.20 Å². The topological polar surface area (TPSA) is 83.9 Å². The Bertz CT molecular complexity index is 574. The van der Waals surface area contributed by atoms with Crippen LogP contribution >= 0.6 is 0 Å². The molecule has 0 fully saturated rings. The molecule has 2 aromatic rings. The smallest absolute Gasteiger partial charge is 0.356 e. The maximum Gasteiger partial charge on any atom is 0.356 e. The summed E-state index contributed by atoms with van der Waals surface area (Å²) in [4.78, 5) is 17.2. The second kappa shape index (κ2) is 4.06. The first-order chi connectivity index (χ1) is 8.00. The molecule has 6 heteroatoms. The molecule has 0 aromatic carbocycles. The largest absolute Gasteiger partial charge is 0.476 e. The highest BCUT2D eigenvalue weighted by atomic mass is 16.4. The van der Waals surface area contributed by atoms with Crippen LogP contribution in [0.4, 0.5) is 5.69 Å². The number of imidazole rings is 1. The molecule has 17 heavy (non-hydrogen) atoms. The van der Waals surface area contributed by atoms with Gasteiger partial charge in [-0.3, -0.25) is 4.40 Å². The van der Waals surface area contributed by atoms with Crippen molar-refractivity contribution in [3.8, 4) is 0 Å². The number of nitrogen functional groups attached to an aromatic ring is 1. The lowest BCUT2D eigenvalue weighted by molar-refractivity contribution is 0.0693. The number of fused-ring (bicyclic) bond motifs is 1. The van der Waals surface area contributed by atoms with Crippen LogP contribution < -0.4 is 5.73 Å². The van der Waals surface area contributed by atoms with Crippen LogP contribution in [0.5, 0.6) is 0 Å². The molecule has 0 aliphatic carbocycles. The Hall–Kier alpha value is -2.08. The van der Waals surface area contributed by atoms with Crippen LogP contribution in [0.1, 0.15) is 16.3 Å². The van der Waals surface area contributed by atoms with Gasteiger partial charge in [0.25, 0.3) is 0 Å². The molecular weight excluding hydrogens is 220 g/mol. The number of carboxylic acid groups (broad SMARTS) is 1. The number of pyridine rings is 1. The van der Waals surface area contributed by atoms with Crippen LogP contribution in [-0.4, -0.2) is 39.5 Å². The summed E-state index contributed by atoms with van der Waals surface area (Å²) in [7, 11) is 3.79. The third-order valence-electron chi connectivity index (χ3n) is 2.43. The minimum atomic E-state index is -1.06. The predicted octanol–water partition coefficient (Wildman–Crippen LogP) is 0.676. The number of aromatic nitrogens is 2. The van der Waals surface area contributed by atoms with E-state index >= 15 is 0 Å². The molecule has 0 radical (unpaired) electrons. The van der Waals surface area contributed by atoms with E-state index in [1.165, 1.54) is 0 Å². The number of rotatable bonds is 3. The molecule has 0 saturated carbocycles. The summed E-state index contributed by atoms with van der Waals surface area (Å²) in [6.07, 6.45) is 1.77. The molecular formula is C11H14N4O2. The normalized spacial score (nSPS) is 11.2. The van der Waals surface area contributed by atoms with E-state index in [1.54, 1.807) is 22.7 Å². The van der Waals surface area contributed by atoms with Crippen molar-refractivity contribution in [2.45, 2.75) is 6.54 Å². The van der Waals surface area contributed by atoms with Crippen molar-refractivity contribution < 1.29 is 9.90 Å². The number of hydrogen-bond donors (Lipinski definition) is 2. The van der Waals surface area contributed by atoms with Crippen LogP contribution in [0.25, 0.3) is 5.52 Å². The van der Waals surface area contributed by atoms with Crippen molar-refractivity contribution in [2.24, 2.45) is 0 Å². The first-order valence-electron chi connectivity index (χ1n) is 5.14. The van der Waals surface area contributed by atoms with E-state index in [0.717, 1.165) is 0 Å². The van der Waals surface area contributed by atoms with Crippen LogP contribution in [0, 0.1) is 0 Å². The van der Waals surface area contributed by atoms with Gasteiger partial charge in [-0.2, -0.15) is 0 Å². The van der Waals surface area contributed by atoms with E-state index in [4.69, 9.17) is 10.8 Å². The molecule has 0 spiro atoms. The number of hydrogen-bond acceptors (Lipinski definition) is 4. The SMILES string of the molecule is CN(C)Cc1nc(C(=O)O)c2c(N)cccn12. The molecule has 0 amide bonds. The Morgan fingerprint density at radius 2 is 2.29 bits per heavy atom. The first-order valence-corrected chi connectivity index (χ1v) is 5.14. The van der Waals surface area contributed by atoms with Crippen molar-refractivity contribution in [1.29, 1.82) is 0 Å². The molecule has 0 aliphatic rings. The van der Waals surface area contributed by atoms with Crippen molar-refractivity contribution in [3.05, 3.63) is 29.8 Å². The average molecular weight is 234 g/mol. The number of nitrogens with two attached hydrogens (primary N) is 1. The standard InChI is InChI=1S/C11H14N4O2/c1-14(2)6-8-13-9(11(16)17)10-7(12)4-3-5-15(8)10/h3-5H,6,12H2,1-2H3,(H,16,17). The molecule has 2 aromatic heterocycles. The van der Waals surface area contributed by atoms with Crippen LogP contribution in [0.15, 0.2) is 18.3 Å². The Kier molecular flexibility index (Phi) is 2.72. The Labute approximate surface area is 98.3 Å². The van der Waals surface area contributed by atoms with Gasteiger partial charge < -0.3 is 15.7 Å². The van der Waals surface area contributed by atoms with Crippen molar-refractivity contribution in [2.75, 3.05) is 19.8 Å². The molecule has 0 unspecified atom stereocenters. The average Bonchev–Trinajstić information content (AvgIpc) is 2.58. The van der Waals surface area contributed by atoms with Crippen LogP contribution in [-0.2, 0) is 6.54 Å². The van der Waals surface area contributed by atoms with Crippen LogP contribution in [0.3, 0.4) is 0 Å². The molecule has 6 nitrogen and oxygen atoms in total. The summed E-state index contributed by atoms with van der Waals surface area (Å²) in [5.74, 6) is -0.403. The number of carbonyl (C=O) groups is 1. The highest BCUT2D eigenvalue weighted by Gasteiger charge is 2.18. The highest BCUT2D eigenvalue weighted by Crippen LogP contribution is 2.20. The van der Waals surface area contributed by atoms with Gasteiger partial charge in [0.15, 0.2) is 5.69 Å². The quantitative estimate of drug-likeness (QED) is 0.815.